The standard InChI is InChI=1S/C11H19N3O2S/c1-9(11-13-5-7-17-11)14-8-10(15)12-4-3-6-16-2/h5,7,9,14H,3-4,6,8H2,1-2H3,(H,12,15). The monoisotopic (exact) mass is 257 g/mol. The molecule has 0 radical (unpaired) electrons. The van der Waals surface area contributed by atoms with Gasteiger partial charge in [0, 0.05) is 31.8 Å². The molecule has 1 aromatic heterocycles. The Morgan fingerprint density at radius 1 is 1.65 bits per heavy atom. The second-order valence-corrected chi connectivity index (χ2v) is 4.60. The SMILES string of the molecule is COCCCNC(=O)CNC(C)c1nccs1. The van der Waals surface area contributed by atoms with Crippen molar-refractivity contribution in [2.75, 3.05) is 26.8 Å². The van der Waals surface area contributed by atoms with Gasteiger partial charge in [0.25, 0.3) is 0 Å². The number of ether oxygens (including phenoxy) is 1. The molecule has 0 fully saturated rings. The third-order valence-electron chi connectivity index (χ3n) is 2.24. The van der Waals surface area contributed by atoms with Crippen molar-refractivity contribution in [3.05, 3.63) is 16.6 Å². The summed E-state index contributed by atoms with van der Waals surface area (Å²) in [7, 11) is 1.65. The molecule has 2 N–H and O–H groups in total. The fourth-order valence-electron chi connectivity index (χ4n) is 1.29. The number of carbonyl (C=O) groups is 1. The van der Waals surface area contributed by atoms with Crippen molar-refractivity contribution >= 4 is 17.2 Å². The van der Waals surface area contributed by atoms with Crippen LogP contribution in [0.5, 0.6) is 0 Å². The van der Waals surface area contributed by atoms with Crippen LogP contribution in [0.4, 0.5) is 0 Å². The van der Waals surface area contributed by atoms with E-state index in [1.165, 1.54) is 0 Å². The summed E-state index contributed by atoms with van der Waals surface area (Å²) in [5.74, 6) is 0.00418. The molecule has 0 aliphatic heterocycles. The van der Waals surface area contributed by atoms with E-state index < -0.39 is 0 Å². The minimum absolute atomic E-state index is 0.00418. The van der Waals surface area contributed by atoms with Gasteiger partial charge in [-0.15, -0.1) is 11.3 Å². The average Bonchev–Trinajstić information content (AvgIpc) is 2.85. The lowest BCUT2D eigenvalue weighted by Gasteiger charge is -2.11. The smallest absolute Gasteiger partial charge is 0.233 e. The van der Waals surface area contributed by atoms with Crippen LogP contribution in [0.25, 0.3) is 0 Å². The normalized spacial score (nSPS) is 12.4. The molecule has 1 atom stereocenters. The maximum atomic E-state index is 11.4. The second kappa shape index (κ2) is 8.16. The van der Waals surface area contributed by atoms with Gasteiger partial charge in [0.15, 0.2) is 0 Å². The third-order valence-corrected chi connectivity index (χ3v) is 3.20. The Morgan fingerprint density at radius 2 is 2.47 bits per heavy atom. The van der Waals surface area contributed by atoms with E-state index in [0.717, 1.165) is 11.4 Å². The van der Waals surface area contributed by atoms with E-state index in [1.54, 1.807) is 24.6 Å². The van der Waals surface area contributed by atoms with Crippen LogP contribution < -0.4 is 10.6 Å². The number of hydrogen-bond donors (Lipinski definition) is 2. The zero-order valence-corrected chi connectivity index (χ0v) is 11.0. The van der Waals surface area contributed by atoms with Gasteiger partial charge in [-0.25, -0.2) is 4.98 Å². The predicted octanol–water partition coefficient (Wildman–Crippen LogP) is 0.946. The van der Waals surface area contributed by atoms with Gasteiger partial charge < -0.3 is 10.1 Å². The van der Waals surface area contributed by atoms with Crippen LogP contribution in [0.2, 0.25) is 0 Å². The van der Waals surface area contributed by atoms with Gasteiger partial charge >= 0.3 is 0 Å². The number of aromatic nitrogens is 1. The number of amides is 1. The van der Waals surface area contributed by atoms with Gasteiger partial charge in [-0.1, -0.05) is 0 Å². The molecule has 0 saturated carbocycles. The van der Waals surface area contributed by atoms with Gasteiger partial charge in [0.2, 0.25) is 5.91 Å². The first kappa shape index (κ1) is 14.1. The third kappa shape index (κ3) is 5.76. The van der Waals surface area contributed by atoms with Crippen molar-refractivity contribution in [3.8, 4) is 0 Å². The quantitative estimate of drug-likeness (QED) is 0.681. The molecule has 0 saturated heterocycles. The zero-order chi connectivity index (χ0) is 12.5. The highest BCUT2D eigenvalue weighted by atomic mass is 32.1. The van der Waals surface area contributed by atoms with Crippen molar-refractivity contribution in [1.82, 2.24) is 15.6 Å². The number of hydrogen-bond acceptors (Lipinski definition) is 5. The van der Waals surface area contributed by atoms with Crippen LogP contribution in [-0.2, 0) is 9.53 Å². The average molecular weight is 257 g/mol. The van der Waals surface area contributed by atoms with Crippen molar-refractivity contribution < 1.29 is 9.53 Å². The minimum atomic E-state index is 0.00418. The van der Waals surface area contributed by atoms with Gasteiger partial charge in [-0.2, -0.15) is 0 Å². The fraction of sp³-hybridized carbons (Fsp3) is 0.636. The molecule has 0 aliphatic rings. The van der Waals surface area contributed by atoms with E-state index in [2.05, 4.69) is 15.6 Å². The van der Waals surface area contributed by atoms with Gasteiger partial charge in [0.1, 0.15) is 5.01 Å². The molecule has 6 heteroatoms. The lowest BCUT2D eigenvalue weighted by atomic mass is 10.3. The number of thiazole rings is 1. The van der Waals surface area contributed by atoms with Gasteiger partial charge in [-0.05, 0) is 13.3 Å². The van der Waals surface area contributed by atoms with Crippen molar-refractivity contribution in [2.24, 2.45) is 0 Å². The summed E-state index contributed by atoms with van der Waals surface area (Å²) in [5, 5.41) is 8.88. The highest BCUT2D eigenvalue weighted by Gasteiger charge is 2.08. The molecule has 96 valence electrons. The van der Waals surface area contributed by atoms with E-state index >= 15 is 0 Å². The zero-order valence-electron chi connectivity index (χ0n) is 10.2. The first-order chi connectivity index (χ1) is 8.24. The first-order valence-electron chi connectivity index (χ1n) is 5.62. The molecule has 5 nitrogen and oxygen atoms in total. The fourth-order valence-corrected chi connectivity index (χ4v) is 1.96. The predicted molar refractivity (Wildman–Crippen MR) is 68.0 cm³/mol. The van der Waals surface area contributed by atoms with E-state index in [0.29, 0.717) is 19.7 Å². The highest BCUT2D eigenvalue weighted by molar-refractivity contribution is 7.09. The first-order valence-corrected chi connectivity index (χ1v) is 6.50. The summed E-state index contributed by atoms with van der Waals surface area (Å²) in [6.07, 6.45) is 2.60. The lowest BCUT2D eigenvalue weighted by Crippen LogP contribution is -2.35. The van der Waals surface area contributed by atoms with Crippen LogP contribution in [0.1, 0.15) is 24.4 Å². The Morgan fingerprint density at radius 3 is 3.12 bits per heavy atom. The maximum absolute atomic E-state index is 11.4. The Labute approximate surface area is 106 Å². The summed E-state index contributed by atoms with van der Waals surface area (Å²) in [5.41, 5.74) is 0. The molecular weight excluding hydrogens is 238 g/mol. The number of nitrogens with one attached hydrogen (secondary N) is 2. The molecule has 17 heavy (non-hydrogen) atoms. The molecule has 0 bridgehead atoms. The molecule has 0 aromatic carbocycles. The number of carbonyl (C=O) groups excluding carboxylic acids is 1. The Kier molecular flexibility index (Phi) is 6.76. The summed E-state index contributed by atoms with van der Waals surface area (Å²) in [6.45, 7) is 3.63. The van der Waals surface area contributed by atoms with Crippen molar-refractivity contribution in [2.45, 2.75) is 19.4 Å². The molecule has 1 unspecified atom stereocenters. The number of nitrogens with zero attached hydrogens (tertiary/aromatic N) is 1. The Balaban J connectivity index is 2.11. The van der Waals surface area contributed by atoms with Gasteiger partial charge in [-0.3, -0.25) is 10.1 Å². The van der Waals surface area contributed by atoms with E-state index in [4.69, 9.17) is 4.74 Å². The molecule has 1 rings (SSSR count). The summed E-state index contributed by atoms with van der Waals surface area (Å²) < 4.78 is 4.90. The largest absolute Gasteiger partial charge is 0.385 e. The minimum Gasteiger partial charge on any atom is -0.385 e. The van der Waals surface area contributed by atoms with E-state index in [1.807, 2.05) is 12.3 Å². The van der Waals surface area contributed by atoms with Crippen LogP contribution in [0, 0.1) is 0 Å². The van der Waals surface area contributed by atoms with Crippen LogP contribution >= 0.6 is 11.3 Å². The summed E-state index contributed by atoms with van der Waals surface area (Å²) >= 11 is 1.59. The van der Waals surface area contributed by atoms with Crippen molar-refractivity contribution in [1.29, 1.82) is 0 Å². The van der Waals surface area contributed by atoms with E-state index in [-0.39, 0.29) is 11.9 Å². The molecule has 0 spiro atoms. The lowest BCUT2D eigenvalue weighted by molar-refractivity contribution is -0.120. The number of rotatable bonds is 8. The van der Waals surface area contributed by atoms with Crippen molar-refractivity contribution in [3.63, 3.8) is 0 Å². The van der Waals surface area contributed by atoms with Crippen LogP contribution in [0.15, 0.2) is 11.6 Å². The maximum Gasteiger partial charge on any atom is 0.233 e. The molecular formula is C11H19N3O2S. The van der Waals surface area contributed by atoms with Crippen LogP contribution in [0.3, 0.4) is 0 Å². The van der Waals surface area contributed by atoms with Gasteiger partial charge in [0.05, 0.1) is 12.6 Å². The topological polar surface area (TPSA) is 63.2 Å². The second-order valence-electron chi connectivity index (χ2n) is 3.67. The Bertz CT molecular complexity index is 317. The Hall–Kier alpha value is -0.980. The van der Waals surface area contributed by atoms with E-state index in [9.17, 15) is 4.79 Å². The highest BCUT2D eigenvalue weighted by Crippen LogP contribution is 2.13. The molecule has 1 heterocycles. The number of methoxy groups -OCH3 is 1. The molecule has 1 amide bonds. The summed E-state index contributed by atoms with van der Waals surface area (Å²) in [6, 6.07) is 0.111. The molecule has 1 aromatic rings. The summed E-state index contributed by atoms with van der Waals surface area (Å²) in [4.78, 5) is 15.6. The molecule has 0 aliphatic carbocycles. The van der Waals surface area contributed by atoms with Crippen LogP contribution in [-0.4, -0.2) is 37.7 Å².